The number of rotatable bonds is 7. The van der Waals surface area contributed by atoms with Crippen molar-refractivity contribution < 1.29 is 28.7 Å². The largest absolute Gasteiger partial charge is 0.467 e. The summed E-state index contributed by atoms with van der Waals surface area (Å²) in [6, 6.07) is 20.1. The molecule has 0 spiro atoms. The molecule has 0 fully saturated rings. The van der Waals surface area contributed by atoms with E-state index < -0.39 is 23.8 Å². The average Bonchev–Trinajstić information content (AvgIpc) is 2.96. The number of esters is 1. The van der Waals surface area contributed by atoms with Gasteiger partial charge in [0.2, 0.25) is 0 Å². The molecule has 4 aromatic rings. The SMILES string of the molecule is COC(=O)[C@H](CCCCN1C(=O)c2cccc3cccc(c23)C1=O)N1C(=O)c2cccc3cccc(c23)C1=O. The lowest BCUT2D eigenvalue weighted by atomic mass is 9.92. The molecule has 0 N–H and O–H groups in total. The summed E-state index contributed by atoms with van der Waals surface area (Å²) < 4.78 is 4.97. The van der Waals surface area contributed by atoms with E-state index in [1.54, 1.807) is 48.5 Å². The van der Waals surface area contributed by atoms with Crippen molar-refractivity contribution in [2.75, 3.05) is 13.7 Å². The van der Waals surface area contributed by atoms with Crippen LogP contribution in [0.15, 0.2) is 72.8 Å². The lowest BCUT2D eigenvalue weighted by Crippen LogP contribution is -2.51. The van der Waals surface area contributed by atoms with Gasteiger partial charge >= 0.3 is 5.97 Å². The van der Waals surface area contributed by atoms with Crippen molar-refractivity contribution in [3.05, 3.63) is 95.1 Å². The third-order valence-electron chi connectivity index (χ3n) is 7.55. The Balaban J connectivity index is 1.20. The number of imide groups is 2. The molecular formula is C31H24N2O6. The Morgan fingerprint density at radius 1 is 0.667 bits per heavy atom. The monoisotopic (exact) mass is 520 g/mol. The number of benzene rings is 4. The van der Waals surface area contributed by atoms with E-state index in [-0.39, 0.29) is 24.8 Å². The number of unbranched alkanes of at least 4 members (excludes halogenated alkanes) is 1. The van der Waals surface area contributed by atoms with Crippen LogP contribution in [0.2, 0.25) is 0 Å². The standard InChI is InChI=1S/C31H24N2O6/c1-39-31(38)24(33-29(36)22-14-6-10-19-11-7-15-23(26(19)22)30(33)37)16-2-3-17-32-27(34)20-12-4-8-18-9-5-13-21(25(18)20)28(32)35/h4-15,24H,2-3,16-17H2,1H3/t24-/m0/s1. The Labute approximate surface area is 223 Å². The molecule has 8 heteroatoms. The fraction of sp³-hybridized carbons (Fsp3) is 0.194. The molecular weight excluding hydrogens is 496 g/mol. The molecule has 6 rings (SSSR count). The Morgan fingerprint density at radius 2 is 1.10 bits per heavy atom. The third kappa shape index (κ3) is 3.79. The Morgan fingerprint density at radius 3 is 1.54 bits per heavy atom. The van der Waals surface area contributed by atoms with E-state index in [4.69, 9.17) is 4.74 Å². The molecule has 39 heavy (non-hydrogen) atoms. The van der Waals surface area contributed by atoms with Gasteiger partial charge in [-0.2, -0.15) is 0 Å². The first-order chi connectivity index (χ1) is 18.9. The fourth-order valence-electron chi connectivity index (χ4n) is 5.71. The van der Waals surface area contributed by atoms with Gasteiger partial charge in [0.1, 0.15) is 6.04 Å². The van der Waals surface area contributed by atoms with Crippen molar-refractivity contribution in [3.8, 4) is 0 Å². The van der Waals surface area contributed by atoms with Crippen LogP contribution in [0.4, 0.5) is 0 Å². The molecule has 0 bridgehead atoms. The van der Waals surface area contributed by atoms with Crippen molar-refractivity contribution in [1.82, 2.24) is 9.80 Å². The smallest absolute Gasteiger partial charge is 0.329 e. The molecule has 4 aromatic carbocycles. The highest BCUT2D eigenvalue weighted by molar-refractivity contribution is 6.27. The topological polar surface area (TPSA) is 101 Å². The summed E-state index contributed by atoms with van der Waals surface area (Å²) in [5.41, 5.74) is 1.67. The molecule has 1 atom stereocenters. The molecule has 194 valence electrons. The second-order valence-electron chi connectivity index (χ2n) is 9.70. The summed E-state index contributed by atoms with van der Waals surface area (Å²) in [6.07, 6.45) is 0.877. The maximum absolute atomic E-state index is 13.4. The number of ether oxygens (including phenoxy) is 1. The van der Waals surface area contributed by atoms with Crippen LogP contribution < -0.4 is 0 Å². The van der Waals surface area contributed by atoms with E-state index in [9.17, 15) is 24.0 Å². The second-order valence-corrected chi connectivity index (χ2v) is 9.70. The van der Waals surface area contributed by atoms with E-state index in [1.165, 1.54) is 12.0 Å². The highest BCUT2D eigenvalue weighted by atomic mass is 16.5. The first-order valence-corrected chi connectivity index (χ1v) is 12.8. The summed E-state index contributed by atoms with van der Waals surface area (Å²) in [5, 5.41) is 2.84. The van der Waals surface area contributed by atoms with Crippen LogP contribution in [0.25, 0.3) is 21.5 Å². The number of methoxy groups -OCH3 is 1. The van der Waals surface area contributed by atoms with E-state index in [0.29, 0.717) is 45.9 Å². The lowest BCUT2D eigenvalue weighted by Gasteiger charge is -2.32. The van der Waals surface area contributed by atoms with Gasteiger partial charge < -0.3 is 4.74 Å². The van der Waals surface area contributed by atoms with Gasteiger partial charge in [-0.3, -0.25) is 29.0 Å². The molecule has 2 aliphatic heterocycles. The van der Waals surface area contributed by atoms with Crippen LogP contribution in [0.3, 0.4) is 0 Å². The van der Waals surface area contributed by atoms with Crippen LogP contribution in [0.1, 0.15) is 60.7 Å². The van der Waals surface area contributed by atoms with Crippen LogP contribution in [-0.2, 0) is 9.53 Å². The minimum atomic E-state index is -1.14. The van der Waals surface area contributed by atoms with E-state index >= 15 is 0 Å². The number of nitrogens with zero attached hydrogens (tertiary/aromatic N) is 2. The normalized spacial score (nSPS) is 15.3. The van der Waals surface area contributed by atoms with Crippen LogP contribution in [0, 0.1) is 0 Å². The van der Waals surface area contributed by atoms with Gasteiger partial charge in [0.15, 0.2) is 0 Å². The molecule has 2 heterocycles. The molecule has 0 aromatic heterocycles. The Bertz CT molecular complexity index is 1620. The molecule has 8 nitrogen and oxygen atoms in total. The molecule has 0 saturated heterocycles. The maximum atomic E-state index is 13.4. The van der Waals surface area contributed by atoms with Crippen molar-refractivity contribution in [1.29, 1.82) is 0 Å². The minimum absolute atomic E-state index is 0.130. The summed E-state index contributed by atoms with van der Waals surface area (Å²) in [5.74, 6) is -2.52. The summed E-state index contributed by atoms with van der Waals surface area (Å²) >= 11 is 0. The van der Waals surface area contributed by atoms with Crippen molar-refractivity contribution >= 4 is 51.1 Å². The van der Waals surface area contributed by atoms with Crippen LogP contribution in [-0.4, -0.2) is 59.1 Å². The minimum Gasteiger partial charge on any atom is -0.467 e. The molecule has 0 saturated carbocycles. The predicted molar refractivity (Wildman–Crippen MR) is 143 cm³/mol. The van der Waals surface area contributed by atoms with Gasteiger partial charge in [-0.25, -0.2) is 4.79 Å². The van der Waals surface area contributed by atoms with Crippen LogP contribution in [0.5, 0.6) is 0 Å². The number of hydrogen-bond acceptors (Lipinski definition) is 6. The van der Waals surface area contributed by atoms with Gasteiger partial charge in [0, 0.05) is 39.6 Å². The fourth-order valence-corrected chi connectivity index (χ4v) is 5.71. The molecule has 0 unspecified atom stereocenters. The number of carbonyl (C=O) groups excluding carboxylic acids is 5. The highest BCUT2D eigenvalue weighted by Gasteiger charge is 2.41. The van der Waals surface area contributed by atoms with Gasteiger partial charge in [0.25, 0.3) is 23.6 Å². The molecule has 0 radical (unpaired) electrons. The third-order valence-corrected chi connectivity index (χ3v) is 7.55. The zero-order valence-electron chi connectivity index (χ0n) is 21.2. The quantitative estimate of drug-likeness (QED) is 0.201. The Hall–Kier alpha value is -4.85. The summed E-state index contributed by atoms with van der Waals surface area (Å²) in [6.45, 7) is 0.139. The van der Waals surface area contributed by atoms with E-state index in [0.717, 1.165) is 15.7 Å². The maximum Gasteiger partial charge on any atom is 0.329 e. The zero-order chi connectivity index (χ0) is 27.3. The lowest BCUT2D eigenvalue weighted by molar-refractivity contribution is -0.145. The molecule has 4 amide bonds. The van der Waals surface area contributed by atoms with E-state index in [2.05, 4.69) is 0 Å². The summed E-state index contributed by atoms with van der Waals surface area (Å²) in [7, 11) is 1.21. The predicted octanol–water partition coefficient (Wildman–Crippen LogP) is 4.60. The molecule has 0 aliphatic carbocycles. The number of amides is 4. The van der Waals surface area contributed by atoms with Crippen LogP contribution >= 0.6 is 0 Å². The number of carbonyl (C=O) groups is 5. The Kier molecular flexibility index (Phi) is 5.95. The summed E-state index contributed by atoms with van der Waals surface area (Å²) in [4.78, 5) is 68.3. The van der Waals surface area contributed by atoms with Crippen molar-refractivity contribution in [3.63, 3.8) is 0 Å². The average molecular weight is 521 g/mol. The van der Waals surface area contributed by atoms with Gasteiger partial charge in [-0.1, -0.05) is 48.5 Å². The van der Waals surface area contributed by atoms with Crippen molar-refractivity contribution in [2.24, 2.45) is 0 Å². The number of hydrogen-bond donors (Lipinski definition) is 0. The van der Waals surface area contributed by atoms with E-state index in [1.807, 2.05) is 24.3 Å². The zero-order valence-corrected chi connectivity index (χ0v) is 21.2. The second kappa shape index (κ2) is 9.47. The van der Waals surface area contributed by atoms with Gasteiger partial charge in [0.05, 0.1) is 7.11 Å². The first kappa shape index (κ1) is 24.5. The first-order valence-electron chi connectivity index (χ1n) is 12.8. The highest BCUT2D eigenvalue weighted by Crippen LogP contribution is 2.33. The van der Waals surface area contributed by atoms with Gasteiger partial charge in [-0.05, 0) is 54.3 Å². The molecule has 2 aliphatic rings. The van der Waals surface area contributed by atoms with Crippen molar-refractivity contribution in [2.45, 2.75) is 25.3 Å². The van der Waals surface area contributed by atoms with Gasteiger partial charge in [-0.15, -0.1) is 0 Å².